The Bertz CT molecular complexity index is 1550. The average Bonchev–Trinajstić information content (AvgIpc) is 3.18. The van der Waals surface area contributed by atoms with Gasteiger partial charge in [-0.2, -0.15) is 0 Å². The molecule has 3 aliphatic heterocycles. The zero-order valence-electron chi connectivity index (χ0n) is 37.5. The number of methoxy groups -OCH3 is 2. The number of nitrogens with two attached hydrogens (primary N) is 1. The first-order chi connectivity index (χ1) is 28.1. The van der Waals surface area contributed by atoms with Crippen molar-refractivity contribution in [3.05, 3.63) is 59.4 Å². The molecule has 0 saturated carbocycles. The first-order valence-electron chi connectivity index (χ1n) is 21.1. The van der Waals surface area contributed by atoms with Crippen molar-refractivity contribution in [1.82, 2.24) is 0 Å². The highest BCUT2D eigenvalue weighted by Crippen LogP contribution is 2.42. The third-order valence-electron chi connectivity index (χ3n) is 12.5. The summed E-state index contributed by atoms with van der Waals surface area (Å²) in [5, 5.41) is 57.6. The molecule has 0 bridgehead atoms. The Hall–Kier alpha value is -3.12. The monoisotopic (exact) mass is 852 g/mol. The highest BCUT2D eigenvalue weighted by Gasteiger charge is 2.52. The first kappa shape index (κ1) is 51.2. The number of hydrogen-bond acceptors (Lipinski definition) is 14. The van der Waals surface area contributed by atoms with Crippen LogP contribution in [-0.2, 0) is 38.0 Å². The molecule has 0 aromatic rings. The Kier molecular flexibility index (Phi) is 19.5. The number of cyclic esters (lactones) is 1. The summed E-state index contributed by atoms with van der Waals surface area (Å²) in [6.07, 6.45) is 1.54. The summed E-state index contributed by atoms with van der Waals surface area (Å²) in [5.41, 5.74) is 6.76. The number of amides is 1. The zero-order chi connectivity index (χ0) is 45.2. The molecule has 2 fully saturated rings. The molecule has 0 aliphatic carbocycles. The van der Waals surface area contributed by atoms with Gasteiger partial charge in [0.25, 0.3) is 0 Å². The van der Waals surface area contributed by atoms with Gasteiger partial charge in [-0.05, 0) is 46.1 Å². The number of carbonyl (C=O) groups is 2. The molecule has 3 aliphatic rings. The number of hydrogen-bond donors (Lipinski definition) is 6. The van der Waals surface area contributed by atoms with E-state index in [0.29, 0.717) is 12.0 Å². The summed E-state index contributed by atoms with van der Waals surface area (Å²) in [7, 11) is 2.80. The van der Waals surface area contributed by atoms with Crippen molar-refractivity contribution >= 4 is 12.1 Å². The summed E-state index contributed by atoms with van der Waals surface area (Å²) >= 11 is 0. The molecule has 2 saturated heterocycles. The van der Waals surface area contributed by atoms with Gasteiger partial charge in [-0.15, -0.1) is 0 Å². The molecule has 342 valence electrons. The summed E-state index contributed by atoms with van der Waals surface area (Å²) in [5.74, 6) is -6.06. The number of primary amides is 1. The van der Waals surface area contributed by atoms with E-state index in [1.807, 2.05) is 47.6 Å². The van der Waals surface area contributed by atoms with E-state index < -0.39 is 103 Å². The molecule has 15 heteroatoms. The summed E-state index contributed by atoms with van der Waals surface area (Å²) in [6, 6.07) is 0. The fourth-order valence-corrected chi connectivity index (χ4v) is 8.64. The molecule has 0 aromatic carbocycles. The van der Waals surface area contributed by atoms with Gasteiger partial charge in [0.1, 0.15) is 12.2 Å². The summed E-state index contributed by atoms with van der Waals surface area (Å²) in [6.45, 7) is 18.0. The zero-order valence-corrected chi connectivity index (χ0v) is 37.5. The van der Waals surface area contributed by atoms with Crippen molar-refractivity contribution < 1.29 is 68.3 Å². The SMILES string of the molecule is CC=CC1O[C@@](O)(C(C)C(O)C(C)C2OC(=O)C(OC)=CC(C)=CC(C)C(O)C(C)C(O)C(C)CC(C)=CC=CC2OC)CC(OC2CC(O)C(OC(N)=O)C(C)O2)C1C. The van der Waals surface area contributed by atoms with Crippen molar-refractivity contribution in [1.29, 1.82) is 0 Å². The van der Waals surface area contributed by atoms with Gasteiger partial charge in [-0.3, -0.25) is 0 Å². The Balaban J connectivity index is 1.99. The van der Waals surface area contributed by atoms with E-state index in [-0.39, 0.29) is 36.4 Å². The van der Waals surface area contributed by atoms with Crippen molar-refractivity contribution in [3.8, 4) is 0 Å². The Morgan fingerprint density at radius 2 is 1.72 bits per heavy atom. The quantitative estimate of drug-likeness (QED) is 0.131. The van der Waals surface area contributed by atoms with Gasteiger partial charge in [-0.25, -0.2) is 9.59 Å². The number of rotatable bonds is 10. The smallest absolute Gasteiger partial charge is 0.404 e. The predicted molar refractivity (Wildman–Crippen MR) is 224 cm³/mol. The number of allylic oxidation sites excluding steroid dienone is 6. The molecular formula is C45H73NO14. The van der Waals surface area contributed by atoms with Crippen LogP contribution in [0, 0.1) is 35.5 Å². The molecule has 7 N–H and O–H groups in total. The molecule has 60 heavy (non-hydrogen) atoms. The number of aliphatic hydroxyl groups is 5. The van der Waals surface area contributed by atoms with Gasteiger partial charge in [-0.1, -0.05) is 89.1 Å². The second-order valence-corrected chi connectivity index (χ2v) is 17.3. The maximum absolute atomic E-state index is 13.9. The molecule has 0 radical (unpaired) electrons. The average molecular weight is 852 g/mol. The van der Waals surface area contributed by atoms with Crippen LogP contribution in [0.4, 0.5) is 4.79 Å². The number of carbonyl (C=O) groups excluding carboxylic acids is 2. The van der Waals surface area contributed by atoms with E-state index in [0.717, 1.165) is 5.57 Å². The van der Waals surface area contributed by atoms with Gasteiger partial charge in [0.2, 0.25) is 5.76 Å². The minimum absolute atomic E-state index is 0.0314. The predicted octanol–water partition coefficient (Wildman–Crippen LogP) is 4.59. The number of ether oxygens (including phenoxy) is 7. The highest BCUT2D eigenvalue weighted by molar-refractivity contribution is 5.87. The van der Waals surface area contributed by atoms with Crippen LogP contribution in [0.1, 0.15) is 88.5 Å². The fourth-order valence-electron chi connectivity index (χ4n) is 8.64. The normalized spacial score (nSPS) is 39.5. The maximum atomic E-state index is 13.9. The van der Waals surface area contributed by atoms with Crippen LogP contribution < -0.4 is 5.73 Å². The second kappa shape index (κ2) is 22.8. The lowest BCUT2D eigenvalue weighted by molar-refractivity contribution is -0.338. The molecule has 3 heterocycles. The third kappa shape index (κ3) is 13.2. The minimum atomic E-state index is -1.97. The van der Waals surface area contributed by atoms with Gasteiger partial charge in [0, 0.05) is 49.5 Å². The van der Waals surface area contributed by atoms with Crippen LogP contribution in [0.15, 0.2) is 59.4 Å². The lowest BCUT2D eigenvalue weighted by Gasteiger charge is -2.49. The molecule has 15 nitrogen and oxygen atoms in total. The molecular weight excluding hydrogens is 778 g/mol. The van der Waals surface area contributed by atoms with E-state index in [4.69, 9.17) is 38.9 Å². The van der Waals surface area contributed by atoms with Gasteiger partial charge in [0.05, 0.1) is 49.8 Å². The number of esters is 1. The first-order valence-corrected chi connectivity index (χ1v) is 21.1. The van der Waals surface area contributed by atoms with E-state index in [2.05, 4.69) is 0 Å². The van der Waals surface area contributed by atoms with Crippen LogP contribution in [0.3, 0.4) is 0 Å². The minimum Gasteiger partial charge on any atom is -0.490 e. The van der Waals surface area contributed by atoms with Crippen LogP contribution in [0.5, 0.6) is 0 Å². The highest BCUT2D eigenvalue weighted by atomic mass is 16.7. The lowest BCUT2D eigenvalue weighted by Crippen LogP contribution is -2.59. The van der Waals surface area contributed by atoms with E-state index in [1.54, 1.807) is 58.1 Å². The Morgan fingerprint density at radius 1 is 1.05 bits per heavy atom. The molecule has 17 unspecified atom stereocenters. The second-order valence-electron chi connectivity index (χ2n) is 17.3. The van der Waals surface area contributed by atoms with E-state index in [9.17, 15) is 35.1 Å². The maximum Gasteiger partial charge on any atom is 0.404 e. The molecule has 1 amide bonds. The fraction of sp³-hybridized carbons (Fsp3) is 0.733. The van der Waals surface area contributed by atoms with Crippen molar-refractivity contribution in [2.45, 2.75) is 162 Å². The van der Waals surface area contributed by atoms with E-state index >= 15 is 0 Å². The largest absolute Gasteiger partial charge is 0.490 e. The van der Waals surface area contributed by atoms with Crippen LogP contribution >= 0.6 is 0 Å². The summed E-state index contributed by atoms with van der Waals surface area (Å²) in [4.78, 5) is 25.3. The molecule has 3 rings (SSSR count). The van der Waals surface area contributed by atoms with Gasteiger partial charge < -0.3 is 64.4 Å². The number of aliphatic hydroxyl groups excluding tert-OH is 4. The molecule has 0 spiro atoms. The van der Waals surface area contributed by atoms with Gasteiger partial charge >= 0.3 is 12.1 Å². The third-order valence-corrected chi connectivity index (χ3v) is 12.5. The lowest BCUT2D eigenvalue weighted by atomic mass is 9.77. The van der Waals surface area contributed by atoms with Crippen molar-refractivity contribution in [3.63, 3.8) is 0 Å². The van der Waals surface area contributed by atoms with Crippen LogP contribution in [0.2, 0.25) is 0 Å². The molecule has 0 aromatic heterocycles. The summed E-state index contributed by atoms with van der Waals surface area (Å²) < 4.78 is 41.3. The molecule has 18 atom stereocenters. The Morgan fingerprint density at radius 3 is 2.30 bits per heavy atom. The standard InChI is InChI=1S/C45H73NO14/c1-13-15-33-27(6)36(57-37-21-32(47)42(31(10)56-37)59-44(46)52)22-45(53,60-33)30(9)40(50)29(8)41-34(54-11)17-14-16-23(2)18-25(4)38(48)28(7)39(49)26(5)19-24(3)20-35(55-12)43(51)58-41/h13-17,19-20,25-34,36-42,47-50,53H,18,21-22H2,1-12H3,(H2,46,52)/t25?,26?,27?,28?,29?,30?,31?,32?,33?,34?,36?,37?,38?,39?,40?,41?,42?,45-/m1/s1. The Labute approximate surface area is 356 Å². The van der Waals surface area contributed by atoms with Crippen LogP contribution in [-0.4, -0.2) is 125 Å². The topological polar surface area (TPSA) is 226 Å². The van der Waals surface area contributed by atoms with Crippen LogP contribution in [0.25, 0.3) is 0 Å². The van der Waals surface area contributed by atoms with Crippen molar-refractivity contribution in [2.24, 2.45) is 41.2 Å². The van der Waals surface area contributed by atoms with Gasteiger partial charge in [0.15, 0.2) is 18.2 Å². The van der Waals surface area contributed by atoms with Crippen molar-refractivity contribution in [2.75, 3.05) is 14.2 Å². The van der Waals surface area contributed by atoms with E-state index in [1.165, 1.54) is 20.3 Å².